The fourth-order valence-electron chi connectivity index (χ4n) is 8.91. The van der Waals surface area contributed by atoms with Crippen molar-refractivity contribution in [2.75, 3.05) is 39.6 Å². The number of aliphatic hydroxyl groups is 19. The molecule has 19 N–H and O–H groups in total. The van der Waals surface area contributed by atoms with Crippen LogP contribution in [0.5, 0.6) is 0 Å². The molecule has 29 atom stereocenters. The lowest BCUT2D eigenvalue weighted by Gasteiger charge is -2.50. The molecule has 30 heteroatoms. The second-order valence-corrected chi connectivity index (χ2v) is 17.3. The first-order valence-corrected chi connectivity index (χ1v) is 22.0. The summed E-state index contributed by atoms with van der Waals surface area (Å²) in [6.07, 6.45) is -52.4. The van der Waals surface area contributed by atoms with Crippen molar-refractivity contribution in [3.05, 3.63) is 0 Å². The van der Waals surface area contributed by atoms with Crippen molar-refractivity contribution < 1.29 is 149 Å². The first-order chi connectivity index (χ1) is 32.3. The summed E-state index contributed by atoms with van der Waals surface area (Å²) >= 11 is 0. The molecule has 6 aliphatic rings. The molecule has 6 heterocycles. The van der Waals surface area contributed by atoms with Crippen molar-refractivity contribution in [2.24, 2.45) is 0 Å². The Balaban J connectivity index is 1.08. The third-order valence-corrected chi connectivity index (χ3v) is 12.8. The van der Waals surface area contributed by atoms with Crippen molar-refractivity contribution in [3.63, 3.8) is 0 Å². The zero-order valence-corrected chi connectivity index (χ0v) is 36.1. The monoisotopic (exact) mass is 1000 g/mol. The Labute approximate surface area is 386 Å². The van der Waals surface area contributed by atoms with E-state index in [1.165, 1.54) is 0 Å². The predicted octanol–water partition coefficient (Wildman–Crippen LogP) is -12.3. The number of rotatable bonds is 18. The van der Waals surface area contributed by atoms with E-state index in [-0.39, 0.29) is 19.3 Å². The van der Waals surface area contributed by atoms with Crippen LogP contribution < -0.4 is 0 Å². The highest BCUT2D eigenvalue weighted by Gasteiger charge is 2.57. The van der Waals surface area contributed by atoms with E-state index < -0.39 is 218 Å². The standard InChI is InChI=1S/C38H66O30/c39-3-1-12-28(18(47)23(52)33(57)59-12)64-36-26(55)21(50)32(16(9-44)62-36)68-38-27(56)22(51)31(15(8-43)63-38)67-35-24(53)19(48)29(13(60-35)2-4-40)65-37-25(54)20(49)30(14(7-42)61-37)66-34-17(46)11(45)5-10(6-41)58-34/h10-57H,1-9H2/t10-,11-,12+,13+,14+,15+,16+,17+,18+,19+,20+,21+,22+,23+,24+,25+,26+,27+,28+,29+,30+,31+,32+,33?,34?,35?,36?,37?,38?/m0/s1. The van der Waals surface area contributed by atoms with E-state index in [1.807, 2.05) is 0 Å². The summed E-state index contributed by atoms with van der Waals surface area (Å²) in [5.74, 6) is 0. The topological polar surface area (TPSA) is 486 Å². The number of ether oxygens (including phenoxy) is 11. The molecule has 6 aliphatic heterocycles. The summed E-state index contributed by atoms with van der Waals surface area (Å²) < 4.78 is 61.7. The van der Waals surface area contributed by atoms with Gasteiger partial charge in [0.2, 0.25) is 0 Å². The number of aliphatic hydroxyl groups excluding tert-OH is 19. The zero-order valence-electron chi connectivity index (χ0n) is 36.1. The average molecular weight is 1000 g/mol. The SMILES string of the molecule is OCC[C@H]1OC(O)[C@H](O)[C@@H](O)[C@@H]1OC1O[C@H](CO)[C@@H](OC2O[C@H](CO)[C@@H](OC3O[C@H](CCO)[C@@H](OC4O[C@H](CO)[C@@H](OC5O[C@H](CO)C[C@H](O)[C@H]5O)[C@H](O)[C@H]4O)[C@H](O)[C@H]3O)[C@H](O)[C@H]2O)[C@H](O)[C@H]1O. The zero-order chi connectivity index (χ0) is 49.9. The molecular formula is C38H66O30. The van der Waals surface area contributed by atoms with Gasteiger partial charge in [-0.05, 0) is 12.8 Å². The molecule has 0 aliphatic carbocycles. The Kier molecular flexibility index (Phi) is 20.4. The minimum absolute atomic E-state index is 0.153. The smallest absolute Gasteiger partial charge is 0.187 e. The van der Waals surface area contributed by atoms with Crippen LogP contribution in [0.15, 0.2) is 0 Å². The van der Waals surface area contributed by atoms with Crippen molar-refractivity contribution in [3.8, 4) is 0 Å². The van der Waals surface area contributed by atoms with E-state index in [0.29, 0.717) is 0 Å². The Morgan fingerprint density at radius 1 is 0.309 bits per heavy atom. The van der Waals surface area contributed by atoms with Crippen LogP contribution in [-0.2, 0) is 52.1 Å². The molecule has 68 heavy (non-hydrogen) atoms. The highest BCUT2D eigenvalue weighted by Crippen LogP contribution is 2.37. The molecule has 0 saturated carbocycles. The lowest BCUT2D eigenvalue weighted by atomic mass is 9.94. The van der Waals surface area contributed by atoms with E-state index in [0.717, 1.165) is 0 Å². The minimum atomic E-state index is -2.14. The third kappa shape index (κ3) is 11.9. The van der Waals surface area contributed by atoms with Crippen molar-refractivity contribution >= 4 is 0 Å². The summed E-state index contributed by atoms with van der Waals surface area (Å²) in [7, 11) is 0. The molecule has 0 amide bonds. The first-order valence-electron chi connectivity index (χ1n) is 22.0. The molecule has 0 aromatic carbocycles. The summed E-state index contributed by atoms with van der Waals surface area (Å²) in [5.41, 5.74) is 0. The highest BCUT2D eigenvalue weighted by molar-refractivity contribution is 4.99. The van der Waals surface area contributed by atoms with E-state index in [2.05, 4.69) is 0 Å². The predicted molar refractivity (Wildman–Crippen MR) is 207 cm³/mol. The van der Waals surface area contributed by atoms with Crippen LogP contribution in [0.4, 0.5) is 0 Å². The maximum absolute atomic E-state index is 11.3. The molecule has 0 spiro atoms. The lowest BCUT2D eigenvalue weighted by molar-refractivity contribution is -0.394. The lowest BCUT2D eigenvalue weighted by Crippen LogP contribution is -2.68. The number of hydrogen-bond donors (Lipinski definition) is 19. The van der Waals surface area contributed by atoms with Crippen LogP contribution in [0.3, 0.4) is 0 Å². The summed E-state index contributed by atoms with van der Waals surface area (Å²) in [6, 6.07) is 0. The van der Waals surface area contributed by atoms with Gasteiger partial charge in [-0.1, -0.05) is 0 Å². The molecule has 0 aromatic heterocycles. The normalized spacial score (nSPS) is 51.7. The summed E-state index contributed by atoms with van der Waals surface area (Å²) in [6.45, 7) is -4.59. The Morgan fingerprint density at radius 3 is 0.926 bits per heavy atom. The van der Waals surface area contributed by atoms with Crippen molar-refractivity contribution in [1.29, 1.82) is 0 Å². The molecule has 398 valence electrons. The van der Waals surface area contributed by atoms with Crippen LogP contribution in [0.1, 0.15) is 19.3 Å². The average Bonchev–Trinajstić information content (AvgIpc) is 3.32. The molecule has 6 saturated heterocycles. The summed E-state index contributed by atoms with van der Waals surface area (Å²) in [5, 5.41) is 200. The fraction of sp³-hybridized carbons (Fsp3) is 1.00. The van der Waals surface area contributed by atoms with Gasteiger partial charge in [-0.3, -0.25) is 0 Å². The van der Waals surface area contributed by atoms with E-state index >= 15 is 0 Å². The van der Waals surface area contributed by atoms with Crippen LogP contribution in [0, 0.1) is 0 Å². The molecule has 6 fully saturated rings. The molecule has 0 bridgehead atoms. The third-order valence-electron chi connectivity index (χ3n) is 12.8. The second kappa shape index (κ2) is 24.7. The van der Waals surface area contributed by atoms with E-state index in [4.69, 9.17) is 52.1 Å². The van der Waals surface area contributed by atoms with Crippen LogP contribution in [-0.4, -0.2) is 315 Å². The molecule has 30 nitrogen and oxygen atoms in total. The van der Waals surface area contributed by atoms with Crippen LogP contribution >= 0.6 is 0 Å². The van der Waals surface area contributed by atoms with Gasteiger partial charge in [-0.2, -0.15) is 0 Å². The van der Waals surface area contributed by atoms with Gasteiger partial charge < -0.3 is 149 Å². The van der Waals surface area contributed by atoms with Crippen molar-refractivity contribution in [1.82, 2.24) is 0 Å². The van der Waals surface area contributed by atoms with Gasteiger partial charge in [0, 0.05) is 19.6 Å². The van der Waals surface area contributed by atoms with Gasteiger partial charge in [0.1, 0.15) is 116 Å². The Hall–Kier alpha value is -1.20. The molecule has 6 unspecified atom stereocenters. The quantitative estimate of drug-likeness (QED) is 0.0606. The number of hydrogen-bond acceptors (Lipinski definition) is 30. The fourth-order valence-corrected chi connectivity index (χ4v) is 8.91. The van der Waals surface area contributed by atoms with Gasteiger partial charge in [0.05, 0.1) is 50.8 Å². The summed E-state index contributed by atoms with van der Waals surface area (Å²) in [4.78, 5) is 0. The minimum Gasteiger partial charge on any atom is -0.396 e. The first kappa shape index (κ1) is 56.1. The van der Waals surface area contributed by atoms with Gasteiger partial charge >= 0.3 is 0 Å². The van der Waals surface area contributed by atoms with E-state index in [1.54, 1.807) is 0 Å². The van der Waals surface area contributed by atoms with Gasteiger partial charge in [-0.25, -0.2) is 0 Å². The van der Waals surface area contributed by atoms with Crippen LogP contribution in [0.25, 0.3) is 0 Å². The van der Waals surface area contributed by atoms with Gasteiger partial charge in [-0.15, -0.1) is 0 Å². The largest absolute Gasteiger partial charge is 0.396 e. The van der Waals surface area contributed by atoms with E-state index in [9.17, 15) is 97.0 Å². The molecule has 0 aromatic rings. The Morgan fingerprint density at radius 2 is 0.603 bits per heavy atom. The second-order valence-electron chi connectivity index (χ2n) is 17.3. The molecule has 0 radical (unpaired) electrons. The van der Waals surface area contributed by atoms with Crippen LogP contribution in [0.2, 0.25) is 0 Å². The Bertz CT molecular complexity index is 1500. The molecular weight excluding hydrogens is 936 g/mol. The van der Waals surface area contributed by atoms with Gasteiger partial charge in [0.15, 0.2) is 37.7 Å². The molecule has 6 rings (SSSR count). The maximum atomic E-state index is 11.3. The van der Waals surface area contributed by atoms with Gasteiger partial charge in [0.25, 0.3) is 0 Å². The maximum Gasteiger partial charge on any atom is 0.187 e. The highest BCUT2D eigenvalue weighted by atomic mass is 16.8. The van der Waals surface area contributed by atoms with Crippen molar-refractivity contribution in [2.45, 2.75) is 197 Å².